The van der Waals surface area contributed by atoms with Crippen molar-refractivity contribution in [2.24, 2.45) is 0 Å². The van der Waals surface area contributed by atoms with Gasteiger partial charge < -0.3 is 19.7 Å². The minimum atomic E-state index is -0.746. The number of carbonyl (C=O) groups excluding carboxylic acids is 3. The molecule has 156 valence electrons. The number of nitrogens with one attached hydrogen (secondary N) is 1. The van der Waals surface area contributed by atoms with Gasteiger partial charge in [-0.15, -0.1) is 0 Å². The monoisotopic (exact) mass is 412 g/mol. The molecule has 3 rings (SSSR count). The second-order valence-electron chi connectivity index (χ2n) is 6.72. The summed E-state index contributed by atoms with van der Waals surface area (Å²) in [7, 11) is 1.36. The van der Waals surface area contributed by atoms with E-state index >= 15 is 0 Å². The van der Waals surface area contributed by atoms with Crippen molar-refractivity contribution in [3.63, 3.8) is 0 Å². The van der Waals surface area contributed by atoms with E-state index in [0.29, 0.717) is 16.9 Å². The topological polar surface area (TPSA) is 84.9 Å². The highest BCUT2D eigenvalue weighted by molar-refractivity contribution is 6.05. The highest BCUT2D eigenvalue weighted by atomic mass is 19.1. The molecule has 0 saturated carbocycles. The standard InChI is InChI=1S/C22H21FN2O5/c1-14-11-20(26)24-17-5-3-4-6-18(17)25(14)21(27)13-30-22(28)10-8-15-7-9-19(29-2)16(23)12-15/h3-10,12,14H,11,13H2,1-2H3,(H,24,26)/b10-8+/t14-/m1/s1. The number of para-hydroxylation sites is 2. The number of nitrogens with zero attached hydrogens (tertiary/aromatic N) is 1. The lowest BCUT2D eigenvalue weighted by Gasteiger charge is -2.27. The summed E-state index contributed by atoms with van der Waals surface area (Å²) in [6.45, 7) is 1.26. The lowest BCUT2D eigenvalue weighted by Crippen LogP contribution is -2.41. The van der Waals surface area contributed by atoms with E-state index in [1.165, 1.54) is 30.2 Å². The van der Waals surface area contributed by atoms with Crippen LogP contribution in [0.1, 0.15) is 18.9 Å². The van der Waals surface area contributed by atoms with Gasteiger partial charge in [-0.05, 0) is 42.8 Å². The molecule has 0 unspecified atom stereocenters. The number of ether oxygens (including phenoxy) is 2. The van der Waals surface area contributed by atoms with Crippen LogP contribution in [0.15, 0.2) is 48.5 Å². The predicted octanol–water partition coefficient (Wildman–Crippen LogP) is 3.15. The van der Waals surface area contributed by atoms with Crippen LogP contribution in [0.2, 0.25) is 0 Å². The molecule has 0 radical (unpaired) electrons. The summed E-state index contributed by atoms with van der Waals surface area (Å²) >= 11 is 0. The number of halogens is 1. The number of hydrogen-bond acceptors (Lipinski definition) is 5. The van der Waals surface area contributed by atoms with Gasteiger partial charge >= 0.3 is 5.97 Å². The minimum Gasteiger partial charge on any atom is -0.494 e. The van der Waals surface area contributed by atoms with Gasteiger partial charge in [0.05, 0.1) is 18.5 Å². The van der Waals surface area contributed by atoms with E-state index < -0.39 is 30.3 Å². The Morgan fingerprint density at radius 1 is 1.27 bits per heavy atom. The fourth-order valence-electron chi connectivity index (χ4n) is 3.17. The number of methoxy groups -OCH3 is 1. The Balaban J connectivity index is 1.65. The Morgan fingerprint density at radius 3 is 2.77 bits per heavy atom. The summed E-state index contributed by atoms with van der Waals surface area (Å²) < 4.78 is 23.6. The summed E-state index contributed by atoms with van der Waals surface area (Å²) in [4.78, 5) is 38.2. The Labute approximate surface area is 173 Å². The maximum absolute atomic E-state index is 13.7. The lowest BCUT2D eigenvalue weighted by molar-refractivity contribution is -0.143. The molecule has 7 nitrogen and oxygen atoms in total. The number of fused-ring (bicyclic) bond motifs is 1. The van der Waals surface area contributed by atoms with Gasteiger partial charge in [0, 0.05) is 18.5 Å². The third kappa shape index (κ3) is 4.83. The second-order valence-corrected chi connectivity index (χ2v) is 6.72. The van der Waals surface area contributed by atoms with Crippen LogP contribution in [-0.4, -0.2) is 37.5 Å². The van der Waals surface area contributed by atoms with Crippen molar-refractivity contribution >= 4 is 35.2 Å². The van der Waals surface area contributed by atoms with Gasteiger partial charge in [-0.2, -0.15) is 0 Å². The van der Waals surface area contributed by atoms with E-state index in [1.54, 1.807) is 37.3 Å². The molecule has 2 aromatic carbocycles. The van der Waals surface area contributed by atoms with Crippen LogP contribution in [0.3, 0.4) is 0 Å². The number of rotatable bonds is 5. The van der Waals surface area contributed by atoms with Crippen molar-refractivity contribution in [3.8, 4) is 5.75 Å². The quantitative estimate of drug-likeness (QED) is 0.602. The van der Waals surface area contributed by atoms with Gasteiger partial charge in [-0.25, -0.2) is 9.18 Å². The van der Waals surface area contributed by atoms with E-state index in [9.17, 15) is 18.8 Å². The zero-order chi connectivity index (χ0) is 21.7. The van der Waals surface area contributed by atoms with E-state index in [2.05, 4.69) is 5.32 Å². The van der Waals surface area contributed by atoms with E-state index in [4.69, 9.17) is 9.47 Å². The average molecular weight is 412 g/mol. The molecule has 1 aliphatic rings. The summed E-state index contributed by atoms with van der Waals surface area (Å²) in [5.74, 6) is -1.86. The van der Waals surface area contributed by atoms with Crippen molar-refractivity contribution in [2.75, 3.05) is 23.9 Å². The second kappa shape index (κ2) is 9.21. The van der Waals surface area contributed by atoms with Crippen LogP contribution < -0.4 is 15.0 Å². The van der Waals surface area contributed by atoms with Crippen LogP contribution >= 0.6 is 0 Å². The van der Waals surface area contributed by atoms with Crippen molar-refractivity contribution < 1.29 is 28.2 Å². The van der Waals surface area contributed by atoms with Gasteiger partial charge in [-0.1, -0.05) is 18.2 Å². The highest BCUT2D eigenvalue weighted by Gasteiger charge is 2.29. The number of amides is 2. The molecule has 1 aliphatic heterocycles. The summed E-state index contributed by atoms with van der Waals surface area (Å²) in [6.07, 6.45) is 2.61. The van der Waals surface area contributed by atoms with Gasteiger partial charge in [0.1, 0.15) is 0 Å². The van der Waals surface area contributed by atoms with Crippen LogP contribution in [-0.2, 0) is 19.1 Å². The molecule has 0 bridgehead atoms. The smallest absolute Gasteiger partial charge is 0.331 e. The molecule has 1 heterocycles. The van der Waals surface area contributed by atoms with Crippen LogP contribution in [0.4, 0.5) is 15.8 Å². The maximum atomic E-state index is 13.7. The van der Waals surface area contributed by atoms with Crippen molar-refractivity contribution in [1.82, 2.24) is 0 Å². The van der Waals surface area contributed by atoms with Gasteiger partial charge in [0.15, 0.2) is 18.2 Å². The molecular weight excluding hydrogens is 391 g/mol. The fraction of sp³-hybridized carbons (Fsp3) is 0.227. The van der Waals surface area contributed by atoms with E-state index in [-0.39, 0.29) is 18.1 Å². The van der Waals surface area contributed by atoms with Crippen LogP contribution in [0.25, 0.3) is 6.08 Å². The third-order valence-electron chi connectivity index (χ3n) is 4.55. The first-order valence-corrected chi connectivity index (χ1v) is 9.28. The highest BCUT2D eigenvalue weighted by Crippen LogP contribution is 2.31. The first-order chi connectivity index (χ1) is 14.4. The molecule has 8 heteroatoms. The maximum Gasteiger partial charge on any atom is 0.331 e. The van der Waals surface area contributed by atoms with Gasteiger partial charge in [-0.3, -0.25) is 9.59 Å². The first kappa shape index (κ1) is 21.0. The third-order valence-corrected chi connectivity index (χ3v) is 4.55. The molecule has 0 aliphatic carbocycles. The normalized spacial score (nSPS) is 15.9. The minimum absolute atomic E-state index is 0.0974. The SMILES string of the molecule is COc1ccc(/C=C/C(=O)OCC(=O)N2c3ccccc3NC(=O)C[C@H]2C)cc1F. The number of esters is 1. The molecule has 1 N–H and O–H groups in total. The molecule has 2 aromatic rings. The largest absolute Gasteiger partial charge is 0.494 e. The molecule has 1 atom stereocenters. The Bertz CT molecular complexity index is 1000. The molecular formula is C22H21FN2O5. The number of benzene rings is 2. The molecule has 0 aromatic heterocycles. The zero-order valence-corrected chi connectivity index (χ0v) is 16.6. The Kier molecular flexibility index (Phi) is 6.46. The Morgan fingerprint density at radius 2 is 2.03 bits per heavy atom. The van der Waals surface area contributed by atoms with Crippen LogP contribution in [0, 0.1) is 5.82 Å². The molecule has 30 heavy (non-hydrogen) atoms. The summed E-state index contributed by atoms with van der Waals surface area (Å²) in [5.41, 5.74) is 1.50. The fourth-order valence-corrected chi connectivity index (χ4v) is 3.17. The molecule has 2 amide bonds. The summed E-state index contributed by atoms with van der Waals surface area (Å²) in [6, 6.07) is 10.8. The average Bonchev–Trinajstić information content (AvgIpc) is 2.84. The molecule has 0 saturated heterocycles. The van der Waals surface area contributed by atoms with Crippen molar-refractivity contribution in [3.05, 3.63) is 59.9 Å². The van der Waals surface area contributed by atoms with Crippen molar-refractivity contribution in [1.29, 1.82) is 0 Å². The predicted molar refractivity (Wildman–Crippen MR) is 110 cm³/mol. The molecule has 0 spiro atoms. The van der Waals surface area contributed by atoms with Crippen molar-refractivity contribution in [2.45, 2.75) is 19.4 Å². The summed E-state index contributed by atoms with van der Waals surface area (Å²) in [5, 5.41) is 2.76. The van der Waals surface area contributed by atoms with E-state index in [1.807, 2.05) is 0 Å². The number of hydrogen-bond donors (Lipinski definition) is 1. The first-order valence-electron chi connectivity index (χ1n) is 9.28. The van der Waals surface area contributed by atoms with Crippen LogP contribution in [0.5, 0.6) is 5.75 Å². The van der Waals surface area contributed by atoms with Gasteiger partial charge in [0.2, 0.25) is 5.91 Å². The zero-order valence-electron chi connectivity index (χ0n) is 16.6. The number of carbonyl (C=O) groups is 3. The Hall–Kier alpha value is -3.68. The number of anilines is 2. The van der Waals surface area contributed by atoms with Gasteiger partial charge in [0.25, 0.3) is 5.91 Å². The lowest BCUT2D eigenvalue weighted by atomic mass is 10.1. The molecule has 0 fully saturated rings. The van der Waals surface area contributed by atoms with E-state index in [0.717, 1.165) is 6.08 Å².